The van der Waals surface area contributed by atoms with E-state index < -0.39 is 0 Å². The van der Waals surface area contributed by atoms with Gasteiger partial charge in [0, 0.05) is 32.7 Å². The van der Waals surface area contributed by atoms with Crippen LogP contribution in [-0.4, -0.2) is 30.2 Å². The van der Waals surface area contributed by atoms with Gasteiger partial charge >= 0.3 is 0 Å². The first-order chi connectivity index (χ1) is 8.24. The summed E-state index contributed by atoms with van der Waals surface area (Å²) in [7, 11) is 1.77. The molecule has 0 bridgehead atoms. The number of aromatic nitrogens is 2. The second-order valence-corrected chi connectivity index (χ2v) is 5.03. The fraction of sp³-hybridized carbons (Fsp3) is 0.692. The van der Waals surface area contributed by atoms with Gasteiger partial charge in [0.05, 0.1) is 0 Å². The van der Waals surface area contributed by atoms with Crippen LogP contribution in [0.3, 0.4) is 0 Å². The maximum atomic E-state index is 5.18. The van der Waals surface area contributed by atoms with E-state index in [1.807, 2.05) is 19.3 Å². The second kappa shape index (κ2) is 5.45. The minimum Gasteiger partial charge on any atom is -0.385 e. The topological polar surface area (TPSA) is 47.0 Å². The number of nitrogens with one attached hydrogen (secondary N) is 1. The predicted octanol–water partition coefficient (Wildman–Crippen LogP) is 2.40. The van der Waals surface area contributed by atoms with Gasteiger partial charge < -0.3 is 10.1 Å². The molecule has 1 aliphatic rings. The third-order valence-electron chi connectivity index (χ3n) is 3.65. The van der Waals surface area contributed by atoms with Crippen molar-refractivity contribution in [2.75, 3.05) is 25.6 Å². The highest BCUT2D eigenvalue weighted by atomic mass is 16.5. The Kier molecular flexibility index (Phi) is 3.94. The highest BCUT2D eigenvalue weighted by molar-refractivity contribution is 5.25. The summed E-state index contributed by atoms with van der Waals surface area (Å²) in [6.45, 7) is 3.80. The SMILES string of the molecule is COCCC1(CNc2ncc(C)cn2)CCC1. The molecule has 1 aromatic heterocycles. The fourth-order valence-electron chi connectivity index (χ4n) is 2.26. The van der Waals surface area contributed by atoms with Crippen LogP contribution in [0.1, 0.15) is 31.2 Å². The molecular weight excluding hydrogens is 214 g/mol. The van der Waals surface area contributed by atoms with Crippen LogP contribution in [0, 0.1) is 12.3 Å². The molecule has 1 heterocycles. The van der Waals surface area contributed by atoms with Gasteiger partial charge in [-0.1, -0.05) is 6.42 Å². The first kappa shape index (κ1) is 12.3. The average Bonchev–Trinajstić information content (AvgIpc) is 2.30. The summed E-state index contributed by atoms with van der Waals surface area (Å²) in [5.74, 6) is 0.735. The van der Waals surface area contributed by atoms with E-state index >= 15 is 0 Å². The Hall–Kier alpha value is -1.16. The summed E-state index contributed by atoms with van der Waals surface area (Å²) >= 11 is 0. The van der Waals surface area contributed by atoms with Crippen molar-refractivity contribution < 1.29 is 4.74 Å². The van der Waals surface area contributed by atoms with Crippen molar-refractivity contribution in [2.45, 2.75) is 32.6 Å². The van der Waals surface area contributed by atoms with E-state index in [1.165, 1.54) is 19.3 Å². The Bertz CT molecular complexity index is 346. The normalized spacial score (nSPS) is 17.5. The largest absolute Gasteiger partial charge is 0.385 e. The first-order valence-corrected chi connectivity index (χ1v) is 6.26. The van der Waals surface area contributed by atoms with Gasteiger partial charge in [-0.15, -0.1) is 0 Å². The number of hydrogen-bond acceptors (Lipinski definition) is 4. The summed E-state index contributed by atoms with van der Waals surface area (Å²) in [6.07, 6.45) is 8.73. The van der Waals surface area contributed by atoms with Crippen LogP contribution in [0.15, 0.2) is 12.4 Å². The summed E-state index contributed by atoms with van der Waals surface area (Å²) in [5, 5.41) is 3.35. The van der Waals surface area contributed by atoms with Gasteiger partial charge in [-0.3, -0.25) is 0 Å². The Morgan fingerprint density at radius 1 is 1.35 bits per heavy atom. The zero-order chi connectivity index (χ0) is 12.1. The van der Waals surface area contributed by atoms with Crippen molar-refractivity contribution in [3.05, 3.63) is 18.0 Å². The summed E-state index contributed by atoms with van der Waals surface area (Å²) in [4.78, 5) is 8.53. The van der Waals surface area contributed by atoms with Crippen molar-refractivity contribution in [3.63, 3.8) is 0 Å². The summed E-state index contributed by atoms with van der Waals surface area (Å²) in [6, 6.07) is 0. The second-order valence-electron chi connectivity index (χ2n) is 5.03. The number of methoxy groups -OCH3 is 1. The molecule has 4 heteroatoms. The fourth-order valence-corrected chi connectivity index (χ4v) is 2.26. The van der Waals surface area contributed by atoms with Crippen molar-refractivity contribution in [1.29, 1.82) is 0 Å². The van der Waals surface area contributed by atoms with Crippen molar-refractivity contribution >= 4 is 5.95 Å². The monoisotopic (exact) mass is 235 g/mol. The molecule has 0 spiro atoms. The zero-order valence-electron chi connectivity index (χ0n) is 10.7. The molecule has 0 atom stereocenters. The maximum absolute atomic E-state index is 5.18. The molecule has 0 saturated heterocycles. The Balaban J connectivity index is 1.85. The molecule has 1 aromatic rings. The molecule has 1 fully saturated rings. The van der Waals surface area contributed by atoms with E-state index in [-0.39, 0.29) is 0 Å². The lowest BCUT2D eigenvalue weighted by molar-refractivity contribution is 0.0811. The van der Waals surface area contributed by atoms with Crippen LogP contribution in [0.25, 0.3) is 0 Å². The molecule has 1 aliphatic carbocycles. The van der Waals surface area contributed by atoms with Crippen LogP contribution < -0.4 is 5.32 Å². The predicted molar refractivity (Wildman–Crippen MR) is 68.0 cm³/mol. The highest BCUT2D eigenvalue weighted by Crippen LogP contribution is 2.43. The highest BCUT2D eigenvalue weighted by Gasteiger charge is 2.36. The smallest absolute Gasteiger partial charge is 0.222 e. The van der Waals surface area contributed by atoms with E-state index in [4.69, 9.17) is 4.74 Å². The van der Waals surface area contributed by atoms with E-state index in [1.54, 1.807) is 7.11 Å². The zero-order valence-corrected chi connectivity index (χ0v) is 10.7. The molecular formula is C13H21N3O. The molecule has 0 aromatic carbocycles. The molecule has 1 saturated carbocycles. The molecule has 17 heavy (non-hydrogen) atoms. The van der Waals surface area contributed by atoms with E-state index in [9.17, 15) is 0 Å². The van der Waals surface area contributed by atoms with Gasteiger partial charge in [0.25, 0.3) is 0 Å². The Morgan fingerprint density at radius 2 is 2.06 bits per heavy atom. The lowest BCUT2D eigenvalue weighted by Crippen LogP contribution is -2.37. The third-order valence-corrected chi connectivity index (χ3v) is 3.65. The summed E-state index contributed by atoms with van der Waals surface area (Å²) in [5.41, 5.74) is 1.50. The minimum atomic E-state index is 0.407. The van der Waals surface area contributed by atoms with Gasteiger partial charge in [0.2, 0.25) is 5.95 Å². The summed E-state index contributed by atoms with van der Waals surface area (Å²) < 4.78 is 5.18. The van der Waals surface area contributed by atoms with Gasteiger partial charge in [-0.25, -0.2) is 9.97 Å². The number of hydrogen-bond donors (Lipinski definition) is 1. The van der Waals surface area contributed by atoms with Crippen molar-refractivity contribution in [2.24, 2.45) is 5.41 Å². The quantitative estimate of drug-likeness (QED) is 0.822. The standard InChI is InChI=1S/C13H21N3O/c1-11-8-14-12(15-9-11)16-10-13(4-3-5-13)6-7-17-2/h8-9H,3-7,10H2,1-2H3,(H,14,15,16). The lowest BCUT2D eigenvalue weighted by Gasteiger charge is -2.42. The van der Waals surface area contributed by atoms with E-state index in [0.29, 0.717) is 5.41 Å². The van der Waals surface area contributed by atoms with Crippen LogP contribution in [0.5, 0.6) is 0 Å². The molecule has 0 radical (unpaired) electrons. The number of aryl methyl sites for hydroxylation is 1. The maximum Gasteiger partial charge on any atom is 0.222 e. The van der Waals surface area contributed by atoms with Gasteiger partial charge in [0.15, 0.2) is 0 Å². The van der Waals surface area contributed by atoms with Crippen LogP contribution in [-0.2, 0) is 4.74 Å². The van der Waals surface area contributed by atoms with Crippen LogP contribution in [0.2, 0.25) is 0 Å². The molecule has 0 unspecified atom stereocenters. The van der Waals surface area contributed by atoms with Crippen molar-refractivity contribution in [1.82, 2.24) is 9.97 Å². The lowest BCUT2D eigenvalue weighted by atomic mass is 9.67. The molecule has 94 valence electrons. The molecule has 0 aliphatic heterocycles. The van der Waals surface area contributed by atoms with Gasteiger partial charge in [0.1, 0.15) is 0 Å². The number of nitrogens with zero attached hydrogens (tertiary/aromatic N) is 2. The first-order valence-electron chi connectivity index (χ1n) is 6.26. The Morgan fingerprint density at radius 3 is 2.59 bits per heavy atom. The third kappa shape index (κ3) is 3.16. The van der Waals surface area contributed by atoms with Crippen molar-refractivity contribution in [3.8, 4) is 0 Å². The Labute approximate surface area is 103 Å². The molecule has 1 N–H and O–H groups in total. The molecule has 4 nitrogen and oxygen atoms in total. The van der Waals surface area contributed by atoms with Gasteiger partial charge in [-0.2, -0.15) is 0 Å². The average molecular weight is 235 g/mol. The molecule has 0 amide bonds. The van der Waals surface area contributed by atoms with E-state index in [0.717, 1.165) is 31.1 Å². The van der Waals surface area contributed by atoms with E-state index in [2.05, 4.69) is 15.3 Å². The van der Waals surface area contributed by atoms with Crippen LogP contribution in [0.4, 0.5) is 5.95 Å². The molecule has 2 rings (SSSR count). The minimum absolute atomic E-state index is 0.407. The van der Waals surface area contributed by atoms with Gasteiger partial charge in [-0.05, 0) is 37.2 Å². The number of rotatable bonds is 6. The van der Waals surface area contributed by atoms with Crippen LogP contribution >= 0.6 is 0 Å². The number of ether oxygens (including phenoxy) is 1. The number of anilines is 1.